The molecule has 140 valence electrons. The van der Waals surface area contributed by atoms with Crippen LogP contribution in [0.1, 0.15) is 10.4 Å². The number of benzene rings is 1. The lowest BCUT2D eigenvalue weighted by molar-refractivity contribution is 0.0696. The summed E-state index contributed by atoms with van der Waals surface area (Å²) in [4.78, 5) is 23.3. The average molecular weight is 396 g/mol. The number of carboxylic acids is 1. The lowest BCUT2D eigenvalue weighted by Crippen LogP contribution is -2.25. The first-order valence-corrected chi connectivity index (χ1v) is 12.2. The SMILES string of the molecule is C[Si](C)(C)CCOCn1c(Oc2ccc(Cl)c(C(=O)O)c2)cccc1=O. The van der Waals surface area contributed by atoms with Crippen molar-refractivity contribution >= 4 is 25.6 Å². The number of rotatable bonds is 8. The number of carbonyl (C=O) groups is 1. The molecule has 8 heteroatoms. The molecule has 0 aliphatic rings. The number of aromatic nitrogens is 1. The second kappa shape index (κ2) is 8.53. The minimum atomic E-state index is -1.22. The second-order valence-electron chi connectivity index (χ2n) is 7.03. The van der Waals surface area contributed by atoms with Crippen molar-refractivity contribution in [3.05, 3.63) is 57.3 Å². The van der Waals surface area contributed by atoms with E-state index in [4.69, 9.17) is 26.2 Å². The highest BCUT2D eigenvalue weighted by Gasteiger charge is 2.14. The molecule has 0 fully saturated rings. The van der Waals surface area contributed by atoms with Gasteiger partial charge < -0.3 is 14.6 Å². The molecule has 0 saturated carbocycles. The predicted octanol–water partition coefficient (Wildman–Crippen LogP) is 4.30. The fourth-order valence-electron chi connectivity index (χ4n) is 2.10. The molecule has 0 atom stereocenters. The van der Waals surface area contributed by atoms with Crippen molar-refractivity contribution in [1.82, 2.24) is 4.57 Å². The molecule has 0 aliphatic heterocycles. The van der Waals surface area contributed by atoms with Gasteiger partial charge in [0.25, 0.3) is 5.56 Å². The van der Waals surface area contributed by atoms with Gasteiger partial charge in [-0.25, -0.2) is 4.79 Å². The van der Waals surface area contributed by atoms with Gasteiger partial charge in [0.1, 0.15) is 12.5 Å². The highest BCUT2D eigenvalue weighted by Crippen LogP contribution is 2.26. The van der Waals surface area contributed by atoms with Crippen molar-refractivity contribution < 1.29 is 19.4 Å². The van der Waals surface area contributed by atoms with E-state index in [1.807, 2.05) is 0 Å². The molecule has 0 spiro atoms. The summed E-state index contributed by atoms with van der Waals surface area (Å²) in [6.45, 7) is 7.39. The van der Waals surface area contributed by atoms with Crippen molar-refractivity contribution in [2.45, 2.75) is 32.4 Å². The number of hydrogen-bond donors (Lipinski definition) is 1. The first kappa shape index (κ1) is 20.2. The Labute approximate surface area is 158 Å². The van der Waals surface area contributed by atoms with Gasteiger partial charge in [-0.2, -0.15) is 0 Å². The first-order valence-electron chi connectivity index (χ1n) is 8.16. The Kier molecular flexibility index (Phi) is 6.63. The number of aromatic carboxylic acids is 1. The van der Waals surface area contributed by atoms with Gasteiger partial charge in [0, 0.05) is 20.7 Å². The number of carboxylic acid groups (broad SMARTS) is 1. The van der Waals surface area contributed by atoms with Crippen LogP contribution in [0.5, 0.6) is 11.6 Å². The number of hydrogen-bond acceptors (Lipinski definition) is 4. The maximum atomic E-state index is 12.1. The molecule has 0 aliphatic carbocycles. The highest BCUT2D eigenvalue weighted by atomic mass is 35.5. The van der Waals surface area contributed by atoms with Crippen LogP contribution in [-0.2, 0) is 11.5 Å². The molecular weight excluding hydrogens is 374 g/mol. The molecule has 1 N–H and O–H groups in total. The summed E-state index contributed by atoms with van der Waals surface area (Å²) in [5.74, 6) is -0.613. The van der Waals surface area contributed by atoms with Gasteiger partial charge in [-0.15, -0.1) is 0 Å². The minimum absolute atomic E-state index is 0.0683. The van der Waals surface area contributed by atoms with Crippen LogP contribution in [0.2, 0.25) is 30.7 Å². The van der Waals surface area contributed by atoms with Crippen LogP contribution in [0.15, 0.2) is 41.2 Å². The number of pyridine rings is 1. The third-order valence-corrected chi connectivity index (χ3v) is 5.65. The molecule has 2 aromatic rings. The maximum Gasteiger partial charge on any atom is 0.337 e. The number of nitrogens with zero attached hydrogens (tertiary/aromatic N) is 1. The van der Waals surface area contributed by atoms with E-state index in [2.05, 4.69) is 19.6 Å². The van der Waals surface area contributed by atoms with Crippen LogP contribution in [-0.4, -0.2) is 30.3 Å². The summed E-state index contributed by atoms with van der Waals surface area (Å²) in [6.07, 6.45) is 0. The van der Waals surface area contributed by atoms with Crippen LogP contribution >= 0.6 is 11.6 Å². The van der Waals surface area contributed by atoms with Crippen LogP contribution in [0.4, 0.5) is 0 Å². The zero-order valence-electron chi connectivity index (χ0n) is 15.0. The molecule has 6 nitrogen and oxygen atoms in total. The molecule has 0 bridgehead atoms. The standard InChI is InChI=1S/C18H22ClNO5Si/c1-26(2,3)10-9-24-12-20-16(21)5-4-6-17(20)25-13-7-8-15(19)14(11-13)18(22)23/h4-8,11H,9-10,12H2,1-3H3,(H,22,23). The molecule has 0 radical (unpaired) electrons. The van der Waals surface area contributed by atoms with E-state index in [9.17, 15) is 9.59 Å². The molecule has 0 unspecified atom stereocenters. The van der Waals surface area contributed by atoms with E-state index in [-0.39, 0.29) is 34.5 Å². The van der Waals surface area contributed by atoms with Gasteiger partial charge in [-0.3, -0.25) is 9.36 Å². The van der Waals surface area contributed by atoms with Crippen molar-refractivity contribution in [1.29, 1.82) is 0 Å². The Morgan fingerprint density at radius 2 is 1.96 bits per heavy atom. The maximum absolute atomic E-state index is 12.1. The molecule has 0 amide bonds. The smallest absolute Gasteiger partial charge is 0.337 e. The van der Waals surface area contributed by atoms with Crippen molar-refractivity contribution in [3.63, 3.8) is 0 Å². The topological polar surface area (TPSA) is 77.8 Å². The molecule has 0 saturated heterocycles. The van der Waals surface area contributed by atoms with Crippen molar-refractivity contribution in [3.8, 4) is 11.6 Å². The summed E-state index contributed by atoms with van der Waals surface area (Å²) >= 11 is 5.86. The van der Waals surface area contributed by atoms with Gasteiger partial charge in [-0.1, -0.05) is 37.3 Å². The van der Waals surface area contributed by atoms with E-state index in [1.54, 1.807) is 18.2 Å². The highest BCUT2D eigenvalue weighted by molar-refractivity contribution is 6.76. The van der Waals surface area contributed by atoms with Gasteiger partial charge in [0.05, 0.1) is 10.6 Å². The van der Waals surface area contributed by atoms with Crippen LogP contribution in [0, 0.1) is 0 Å². The van der Waals surface area contributed by atoms with Crippen molar-refractivity contribution in [2.24, 2.45) is 0 Å². The van der Waals surface area contributed by atoms with Crippen molar-refractivity contribution in [2.75, 3.05) is 6.61 Å². The Morgan fingerprint density at radius 3 is 2.62 bits per heavy atom. The van der Waals surface area contributed by atoms with E-state index in [0.29, 0.717) is 6.61 Å². The molecule has 1 aromatic heterocycles. The molecule has 2 rings (SSSR count). The van der Waals surface area contributed by atoms with Gasteiger partial charge in [0.15, 0.2) is 0 Å². The molecule has 26 heavy (non-hydrogen) atoms. The average Bonchev–Trinajstić information content (AvgIpc) is 2.54. The number of ether oxygens (including phenoxy) is 2. The Hall–Kier alpha value is -2.09. The third-order valence-electron chi connectivity index (χ3n) is 3.62. The monoisotopic (exact) mass is 395 g/mol. The van der Waals surface area contributed by atoms with Gasteiger partial charge >= 0.3 is 5.97 Å². The lowest BCUT2D eigenvalue weighted by atomic mass is 10.2. The zero-order chi connectivity index (χ0) is 19.3. The molecular formula is C18H22ClNO5Si. The zero-order valence-corrected chi connectivity index (χ0v) is 16.7. The first-order chi connectivity index (χ1) is 12.2. The quantitative estimate of drug-likeness (QED) is 0.532. The predicted molar refractivity (Wildman–Crippen MR) is 103 cm³/mol. The van der Waals surface area contributed by atoms with Gasteiger partial charge in [0.2, 0.25) is 5.88 Å². The van der Waals surface area contributed by atoms with Crippen LogP contribution < -0.4 is 10.3 Å². The van der Waals surface area contributed by atoms with E-state index >= 15 is 0 Å². The van der Waals surface area contributed by atoms with E-state index in [0.717, 1.165) is 6.04 Å². The second-order valence-corrected chi connectivity index (χ2v) is 13.1. The molecule has 1 aromatic carbocycles. The van der Waals surface area contributed by atoms with E-state index in [1.165, 1.54) is 22.8 Å². The fraction of sp³-hybridized carbons (Fsp3) is 0.333. The fourth-order valence-corrected chi connectivity index (χ4v) is 3.06. The molecule has 1 heterocycles. The van der Waals surface area contributed by atoms with Gasteiger partial charge in [-0.05, 0) is 30.3 Å². The Bertz CT molecular complexity index is 844. The summed E-state index contributed by atoms with van der Waals surface area (Å²) in [5.41, 5.74) is -0.330. The minimum Gasteiger partial charge on any atom is -0.478 e. The van der Waals surface area contributed by atoms with Crippen LogP contribution in [0.3, 0.4) is 0 Å². The van der Waals surface area contributed by atoms with Crippen LogP contribution in [0.25, 0.3) is 0 Å². The van der Waals surface area contributed by atoms with E-state index < -0.39 is 14.0 Å². The normalized spacial score (nSPS) is 11.4. The summed E-state index contributed by atoms with van der Waals surface area (Å²) in [5, 5.41) is 9.27. The largest absolute Gasteiger partial charge is 0.478 e. The Balaban J connectivity index is 2.17. The summed E-state index contributed by atoms with van der Waals surface area (Å²) in [6, 6.07) is 9.91. The summed E-state index contributed by atoms with van der Waals surface area (Å²) < 4.78 is 12.7. The lowest BCUT2D eigenvalue weighted by Gasteiger charge is -2.17. The summed E-state index contributed by atoms with van der Waals surface area (Å²) in [7, 11) is -1.22. The third kappa shape index (κ3) is 5.72. The number of halogens is 1. The Morgan fingerprint density at radius 1 is 1.23 bits per heavy atom.